The molecule has 104 valence electrons. The molecule has 2 rings (SSSR count). The largest absolute Gasteiger partial charge is 0.348 e. The number of hydrogen-bond acceptors (Lipinski definition) is 2. The highest BCUT2D eigenvalue weighted by molar-refractivity contribution is 9.10. The molecule has 0 radical (unpaired) electrons. The van der Waals surface area contributed by atoms with E-state index in [-0.39, 0.29) is 11.9 Å². The molecule has 1 aromatic rings. The van der Waals surface area contributed by atoms with Crippen molar-refractivity contribution in [3.8, 4) is 0 Å². The fraction of sp³-hybridized carbons (Fsp3) is 0.533. The van der Waals surface area contributed by atoms with Gasteiger partial charge in [-0.25, -0.2) is 0 Å². The van der Waals surface area contributed by atoms with Crippen LogP contribution in [-0.2, 0) is 4.79 Å². The number of carbonyl (C=O) groups excluding carboxylic acids is 1. The third-order valence-corrected chi connectivity index (χ3v) is 4.31. The fourth-order valence-electron chi connectivity index (χ4n) is 2.47. The SMILES string of the molecule is C[C@H](NC(=O)C1(C)CCCCN1)c1cccc(Br)c1. The van der Waals surface area contributed by atoms with E-state index in [1.54, 1.807) is 0 Å². The maximum Gasteiger partial charge on any atom is 0.240 e. The Balaban J connectivity index is 2.02. The lowest BCUT2D eigenvalue weighted by Crippen LogP contribution is -2.57. The van der Waals surface area contributed by atoms with Crippen molar-refractivity contribution in [1.29, 1.82) is 0 Å². The van der Waals surface area contributed by atoms with Gasteiger partial charge in [-0.1, -0.05) is 28.1 Å². The van der Waals surface area contributed by atoms with E-state index in [1.807, 2.05) is 38.1 Å². The van der Waals surface area contributed by atoms with Gasteiger partial charge in [0.25, 0.3) is 0 Å². The van der Waals surface area contributed by atoms with E-state index in [0.717, 1.165) is 35.8 Å². The molecule has 1 aromatic carbocycles. The molecule has 0 spiro atoms. The predicted octanol–water partition coefficient (Wildman–Crippen LogP) is 3.16. The molecule has 0 saturated carbocycles. The van der Waals surface area contributed by atoms with Crippen molar-refractivity contribution in [1.82, 2.24) is 10.6 Å². The summed E-state index contributed by atoms with van der Waals surface area (Å²) < 4.78 is 1.04. The first-order valence-corrected chi connectivity index (χ1v) is 7.62. The first-order valence-electron chi connectivity index (χ1n) is 6.83. The maximum absolute atomic E-state index is 12.4. The number of hydrogen-bond donors (Lipinski definition) is 2. The van der Waals surface area contributed by atoms with Crippen LogP contribution >= 0.6 is 15.9 Å². The van der Waals surface area contributed by atoms with E-state index in [1.165, 1.54) is 0 Å². The summed E-state index contributed by atoms with van der Waals surface area (Å²) in [4.78, 5) is 12.4. The third-order valence-electron chi connectivity index (χ3n) is 3.82. The van der Waals surface area contributed by atoms with Gasteiger partial charge in [0.05, 0.1) is 11.6 Å². The summed E-state index contributed by atoms with van der Waals surface area (Å²) in [5.74, 6) is 0.0969. The molecule has 1 amide bonds. The second-order valence-electron chi connectivity index (χ2n) is 5.47. The Bertz CT molecular complexity index is 455. The quantitative estimate of drug-likeness (QED) is 0.896. The number of piperidine rings is 1. The lowest BCUT2D eigenvalue weighted by Gasteiger charge is -2.34. The number of benzene rings is 1. The van der Waals surface area contributed by atoms with Gasteiger partial charge in [-0.05, 0) is 57.4 Å². The minimum absolute atomic E-state index is 0.0190. The zero-order valence-corrected chi connectivity index (χ0v) is 13.1. The summed E-state index contributed by atoms with van der Waals surface area (Å²) in [6.07, 6.45) is 3.18. The van der Waals surface area contributed by atoms with E-state index in [9.17, 15) is 4.79 Å². The van der Waals surface area contributed by atoms with Crippen molar-refractivity contribution in [2.75, 3.05) is 6.54 Å². The number of carbonyl (C=O) groups is 1. The van der Waals surface area contributed by atoms with Crippen LogP contribution in [0.15, 0.2) is 28.7 Å². The average Bonchev–Trinajstić information content (AvgIpc) is 2.39. The Labute approximate surface area is 123 Å². The summed E-state index contributed by atoms with van der Waals surface area (Å²) in [6.45, 7) is 4.94. The molecule has 1 heterocycles. The van der Waals surface area contributed by atoms with Gasteiger partial charge in [0.1, 0.15) is 0 Å². The van der Waals surface area contributed by atoms with Crippen LogP contribution in [0.25, 0.3) is 0 Å². The van der Waals surface area contributed by atoms with Crippen LogP contribution in [0.1, 0.15) is 44.7 Å². The lowest BCUT2D eigenvalue weighted by atomic mass is 9.89. The molecule has 1 unspecified atom stereocenters. The summed E-state index contributed by atoms with van der Waals surface area (Å²) in [6, 6.07) is 8.07. The summed E-state index contributed by atoms with van der Waals surface area (Å²) in [5.41, 5.74) is 0.695. The van der Waals surface area contributed by atoms with Gasteiger partial charge in [-0.3, -0.25) is 4.79 Å². The third kappa shape index (κ3) is 3.57. The molecule has 1 saturated heterocycles. The Morgan fingerprint density at radius 3 is 2.89 bits per heavy atom. The highest BCUT2D eigenvalue weighted by atomic mass is 79.9. The van der Waals surface area contributed by atoms with Crippen LogP contribution in [0.3, 0.4) is 0 Å². The topological polar surface area (TPSA) is 41.1 Å². The summed E-state index contributed by atoms with van der Waals surface area (Å²) in [7, 11) is 0. The Morgan fingerprint density at radius 2 is 2.26 bits per heavy atom. The predicted molar refractivity (Wildman–Crippen MR) is 81.0 cm³/mol. The minimum Gasteiger partial charge on any atom is -0.348 e. The monoisotopic (exact) mass is 324 g/mol. The van der Waals surface area contributed by atoms with Crippen molar-refractivity contribution in [2.45, 2.75) is 44.7 Å². The fourth-order valence-corrected chi connectivity index (χ4v) is 2.88. The molecule has 19 heavy (non-hydrogen) atoms. The highest BCUT2D eigenvalue weighted by Gasteiger charge is 2.34. The number of halogens is 1. The first kappa shape index (κ1) is 14.5. The zero-order chi connectivity index (χ0) is 13.9. The smallest absolute Gasteiger partial charge is 0.240 e. The van der Waals surface area contributed by atoms with Gasteiger partial charge in [0, 0.05) is 4.47 Å². The van der Waals surface area contributed by atoms with Crippen molar-refractivity contribution in [2.24, 2.45) is 0 Å². The van der Waals surface area contributed by atoms with Crippen molar-refractivity contribution in [3.05, 3.63) is 34.3 Å². The van der Waals surface area contributed by atoms with Crippen LogP contribution in [0.4, 0.5) is 0 Å². The Hall–Kier alpha value is -0.870. The molecule has 2 N–H and O–H groups in total. The average molecular weight is 325 g/mol. The zero-order valence-electron chi connectivity index (χ0n) is 11.5. The van der Waals surface area contributed by atoms with Crippen LogP contribution < -0.4 is 10.6 Å². The van der Waals surface area contributed by atoms with Gasteiger partial charge in [-0.2, -0.15) is 0 Å². The van der Waals surface area contributed by atoms with E-state index >= 15 is 0 Å². The van der Waals surface area contributed by atoms with E-state index in [0.29, 0.717) is 0 Å². The molecule has 1 fully saturated rings. The lowest BCUT2D eigenvalue weighted by molar-refractivity contribution is -0.128. The second-order valence-corrected chi connectivity index (χ2v) is 6.38. The highest BCUT2D eigenvalue weighted by Crippen LogP contribution is 2.22. The molecule has 2 atom stereocenters. The molecule has 1 aliphatic rings. The standard InChI is InChI=1S/C15H21BrN2O/c1-11(12-6-5-7-13(16)10-12)18-14(19)15(2)8-3-4-9-17-15/h5-7,10-11,17H,3-4,8-9H2,1-2H3,(H,18,19)/t11-,15?/m0/s1. The normalized spacial score (nSPS) is 24.8. The summed E-state index contributed by atoms with van der Waals surface area (Å²) in [5, 5.41) is 6.45. The van der Waals surface area contributed by atoms with Crippen LogP contribution in [-0.4, -0.2) is 18.0 Å². The van der Waals surface area contributed by atoms with Gasteiger partial charge in [-0.15, -0.1) is 0 Å². The van der Waals surface area contributed by atoms with Crippen LogP contribution in [0, 0.1) is 0 Å². The van der Waals surface area contributed by atoms with Gasteiger partial charge < -0.3 is 10.6 Å². The maximum atomic E-state index is 12.4. The van der Waals surface area contributed by atoms with E-state index in [4.69, 9.17) is 0 Å². The van der Waals surface area contributed by atoms with Gasteiger partial charge >= 0.3 is 0 Å². The molecule has 3 nitrogen and oxygen atoms in total. The molecular formula is C15H21BrN2O. The van der Waals surface area contributed by atoms with Crippen molar-refractivity contribution >= 4 is 21.8 Å². The molecule has 4 heteroatoms. The van der Waals surface area contributed by atoms with Crippen molar-refractivity contribution in [3.63, 3.8) is 0 Å². The van der Waals surface area contributed by atoms with Crippen LogP contribution in [0.5, 0.6) is 0 Å². The molecule has 0 aromatic heterocycles. The molecular weight excluding hydrogens is 304 g/mol. The Morgan fingerprint density at radius 1 is 1.47 bits per heavy atom. The van der Waals surface area contributed by atoms with Gasteiger partial charge in [0.2, 0.25) is 5.91 Å². The Kier molecular flexibility index (Phi) is 4.63. The second kappa shape index (κ2) is 6.06. The van der Waals surface area contributed by atoms with E-state index in [2.05, 4.69) is 26.6 Å². The number of nitrogens with one attached hydrogen (secondary N) is 2. The molecule has 0 bridgehead atoms. The first-order chi connectivity index (χ1) is 9.01. The van der Waals surface area contributed by atoms with Crippen LogP contribution in [0.2, 0.25) is 0 Å². The molecule has 0 aliphatic carbocycles. The van der Waals surface area contributed by atoms with Gasteiger partial charge in [0.15, 0.2) is 0 Å². The van der Waals surface area contributed by atoms with Crippen molar-refractivity contribution < 1.29 is 4.79 Å². The number of amides is 1. The minimum atomic E-state index is -0.418. The number of rotatable bonds is 3. The van der Waals surface area contributed by atoms with E-state index < -0.39 is 5.54 Å². The molecule has 1 aliphatic heterocycles. The summed E-state index contributed by atoms with van der Waals surface area (Å²) >= 11 is 3.46.